The molecule has 1 heterocycles. The number of piperidine rings is 1. The molecule has 0 amide bonds. The molecule has 2 rings (SSSR count). The molecule has 100 valence electrons. The monoisotopic (exact) mass is 269 g/mol. The van der Waals surface area contributed by atoms with Gasteiger partial charge in [0.05, 0.1) is 4.90 Å². The molecule has 4 nitrogen and oxygen atoms in total. The van der Waals surface area contributed by atoms with Crippen LogP contribution < -0.4 is 0 Å². The maximum atomic E-state index is 12.4. The van der Waals surface area contributed by atoms with Crippen molar-refractivity contribution >= 4 is 10.0 Å². The molecule has 5 heteroatoms. The summed E-state index contributed by atoms with van der Waals surface area (Å²) in [5.74, 6) is 0.585. The fourth-order valence-corrected chi connectivity index (χ4v) is 3.85. The number of phenols is 1. The molecule has 0 saturated carbocycles. The van der Waals surface area contributed by atoms with E-state index in [1.165, 1.54) is 10.4 Å². The summed E-state index contributed by atoms with van der Waals surface area (Å²) >= 11 is 0. The molecule has 1 fully saturated rings. The van der Waals surface area contributed by atoms with Crippen LogP contribution in [-0.4, -0.2) is 30.9 Å². The molecular formula is C13H19NO3S. The first kappa shape index (κ1) is 13.4. The summed E-state index contributed by atoms with van der Waals surface area (Å²) in [5.41, 5.74) is 0.749. The smallest absolute Gasteiger partial charge is 0.243 e. The molecule has 1 N–H and O–H groups in total. The van der Waals surface area contributed by atoms with Crippen LogP contribution in [0.5, 0.6) is 5.75 Å². The largest absolute Gasteiger partial charge is 0.508 e. The lowest BCUT2D eigenvalue weighted by Gasteiger charge is -2.29. The van der Waals surface area contributed by atoms with Crippen molar-refractivity contribution in [1.29, 1.82) is 0 Å². The Morgan fingerprint density at radius 2 is 1.83 bits per heavy atom. The SMILES string of the molecule is Cc1cc(O)cc(S(=O)(=O)N2CCC(C)CC2)c1. The van der Waals surface area contributed by atoms with Gasteiger partial charge in [0.1, 0.15) is 5.75 Å². The Morgan fingerprint density at radius 1 is 1.22 bits per heavy atom. The Bertz CT molecular complexity index is 511. The maximum Gasteiger partial charge on any atom is 0.243 e. The minimum atomic E-state index is -3.46. The van der Waals surface area contributed by atoms with Gasteiger partial charge in [-0.15, -0.1) is 0 Å². The number of hydrogen-bond donors (Lipinski definition) is 1. The van der Waals surface area contributed by atoms with Gasteiger partial charge in [-0.3, -0.25) is 0 Å². The Hall–Kier alpha value is -1.07. The highest BCUT2D eigenvalue weighted by atomic mass is 32.2. The highest BCUT2D eigenvalue weighted by Crippen LogP contribution is 2.26. The van der Waals surface area contributed by atoms with Gasteiger partial charge in [0.2, 0.25) is 10.0 Å². The predicted octanol–water partition coefficient (Wildman–Crippen LogP) is 2.12. The summed E-state index contributed by atoms with van der Waals surface area (Å²) in [7, 11) is -3.46. The fourth-order valence-electron chi connectivity index (χ4n) is 2.25. The number of phenolic OH excluding ortho intramolecular Hbond substituents is 1. The minimum Gasteiger partial charge on any atom is -0.508 e. The van der Waals surface area contributed by atoms with Crippen molar-refractivity contribution in [1.82, 2.24) is 4.31 Å². The number of hydrogen-bond acceptors (Lipinski definition) is 3. The van der Waals surface area contributed by atoms with Gasteiger partial charge >= 0.3 is 0 Å². The number of nitrogens with zero attached hydrogens (tertiary/aromatic N) is 1. The molecule has 0 spiro atoms. The molecule has 1 saturated heterocycles. The average Bonchev–Trinajstić information content (AvgIpc) is 2.28. The van der Waals surface area contributed by atoms with Gasteiger partial charge in [-0.1, -0.05) is 6.92 Å². The second kappa shape index (κ2) is 4.90. The zero-order valence-corrected chi connectivity index (χ0v) is 11.6. The van der Waals surface area contributed by atoms with Crippen molar-refractivity contribution in [2.24, 2.45) is 5.92 Å². The van der Waals surface area contributed by atoms with Crippen molar-refractivity contribution in [2.45, 2.75) is 31.6 Å². The van der Waals surface area contributed by atoms with Crippen LogP contribution in [0.1, 0.15) is 25.3 Å². The molecule has 1 aliphatic heterocycles. The van der Waals surface area contributed by atoms with Gasteiger partial charge in [-0.05, 0) is 49.4 Å². The van der Waals surface area contributed by atoms with Gasteiger partial charge in [0.25, 0.3) is 0 Å². The molecule has 1 aromatic carbocycles. The molecule has 0 bridgehead atoms. The summed E-state index contributed by atoms with van der Waals surface area (Å²) in [5, 5.41) is 9.51. The number of aryl methyl sites for hydroxylation is 1. The first-order valence-electron chi connectivity index (χ1n) is 6.20. The van der Waals surface area contributed by atoms with Gasteiger partial charge in [-0.2, -0.15) is 4.31 Å². The van der Waals surface area contributed by atoms with Crippen LogP contribution in [-0.2, 0) is 10.0 Å². The maximum absolute atomic E-state index is 12.4. The van der Waals surface area contributed by atoms with E-state index in [-0.39, 0.29) is 10.6 Å². The van der Waals surface area contributed by atoms with Crippen molar-refractivity contribution in [3.63, 3.8) is 0 Å². The lowest BCUT2D eigenvalue weighted by atomic mass is 10.0. The fraction of sp³-hybridized carbons (Fsp3) is 0.538. The van der Waals surface area contributed by atoms with E-state index < -0.39 is 10.0 Å². The van der Waals surface area contributed by atoms with Crippen molar-refractivity contribution in [2.75, 3.05) is 13.1 Å². The van der Waals surface area contributed by atoms with E-state index in [2.05, 4.69) is 6.92 Å². The standard InChI is InChI=1S/C13H19NO3S/c1-10-3-5-14(6-4-10)18(16,17)13-8-11(2)7-12(15)9-13/h7-10,15H,3-6H2,1-2H3. The number of benzene rings is 1. The van der Waals surface area contributed by atoms with Crippen LogP contribution in [0.15, 0.2) is 23.1 Å². The van der Waals surface area contributed by atoms with Gasteiger partial charge < -0.3 is 5.11 Å². The summed E-state index contributed by atoms with van der Waals surface area (Å²) in [6.45, 7) is 5.05. The lowest BCUT2D eigenvalue weighted by Crippen LogP contribution is -2.37. The second-order valence-electron chi connectivity index (χ2n) is 5.09. The molecule has 0 unspecified atom stereocenters. The highest BCUT2D eigenvalue weighted by Gasteiger charge is 2.28. The third kappa shape index (κ3) is 2.67. The third-order valence-electron chi connectivity index (χ3n) is 3.42. The van der Waals surface area contributed by atoms with Gasteiger partial charge in [0, 0.05) is 13.1 Å². The van der Waals surface area contributed by atoms with Crippen molar-refractivity contribution < 1.29 is 13.5 Å². The summed E-state index contributed by atoms with van der Waals surface area (Å²) in [6, 6.07) is 4.48. The van der Waals surface area contributed by atoms with Crippen LogP contribution in [0.25, 0.3) is 0 Å². The summed E-state index contributed by atoms with van der Waals surface area (Å²) in [4.78, 5) is 0.189. The predicted molar refractivity (Wildman–Crippen MR) is 70.0 cm³/mol. The van der Waals surface area contributed by atoms with Gasteiger partial charge in [-0.25, -0.2) is 8.42 Å². The van der Waals surface area contributed by atoms with Crippen molar-refractivity contribution in [3.8, 4) is 5.75 Å². The Kier molecular flexibility index (Phi) is 3.64. The number of rotatable bonds is 2. The van der Waals surface area contributed by atoms with Crippen LogP contribution in [0.4, 0.5) is 0 Å². The minimum absolute atomic E-state index is 0.000970. The average molecular weight is 269 g/mol. The van der Waals surface area contributed by atoms with E-state index >= 15 is 0 Å². The van der Waals surface area contributed by atoms with E-state index in [0.29, 0.717) is 19.0 Å². The summed E-state index contributed by atoms with van der Waals surface area (Å²) < 4.78 is 26.3. The van der Waals surface area contributed by atoms with E-state index in [9.17, 15) is 13.5 Å². The third-order valence-corrected chi connectivity index (χ3v) is 5.29. The van der Waals surface area contributed by atoms with E-state index in [4.69, 9.17) is 0 Å². The topological polar surface area (TPSA) is 57.6 Å². The molecule has 1 aromatic rings. The second-order valence-corrected chi connectivity index (χ2v) is 7.03. The van der Waals surface area contributed by atoms with Crippen LogP contribution in [0.2, 0.25) is 0 Å². The van der Waals surface area contributed by atoms with E-state index in [1.807, 2.05) is 0 Å². The Morgan fingerprint density at radius 3 is 2.39 bits per heavy atom. The molecule has 0 aliphatic carbocycles. The number of sulfonamides is 1. The molecule has 0 atom stereocenters. The van der Waals surface area contributed by atoms with E-state index in [0.717, 1.165) is 18.4 Å². The molecular weight excluding hydrogens is 250 g/mol. The van der Waals surface area contributed by atoms with Crippen molar-refractivity contribution in [3.05, 3.63) is 23.8 Å². The molecule has 18 heavy (non-hydrogen) atoms. The normalized spacial score (nSPS) is 19.0. The molecule has 1 aliphatic rings. The van der Waals surface area contributed by atoms with Crippen LogP contribution >= 0.6 is 0 Å². The summed E-state index contributed by atoms with van der Waals surface area (Å²) in [6.07, 6.45) is 1.80. The highest BCUT2D eigenvalue weighted by molar-refractivity contribution is 7.89. The quantitative estimate of drug-likeness (QED) is 0.894. The molecule has 0 radical (unpaired) electrons. The first-order chi connectivity index (χ1) is 8.39. The zero-order chi connectivity index (χ0) is 13.3. The van der Waals surface area contributed by atoms with Gasteiger partial charge in [0.15, 0.2) is 0 Å². The Balaban J connectivity index is 2.30. The zero-order valence-electron chi connectivity index (χ0n) is 10.8. The van der Waals surface area contributed by atoms with Crippen LogP contribution in [0, 0.1) is 12.8 Å². The van der Waals surface area contributed by atoms with E-state index in [1.54, 1.807) is 19.1 Å². The molecule has 0 aromatic heterocycles. The first-order valence-corrected chi connectivity index (χ1v) is 7.64. The number of aromatic hydroxyl groups is 1. The lowest BCUT2D eigenvalue weighted by molar-refractivity contribution is 0.288. The van der Waals surface area contributed by atoms with Crippen LogP contribution in [0.3, 0.4) is 0 Å². The Labute approximate surface area is 108 Å².